The van der Waals surface area contributed by atoms with Crippen LogP contribution in [-0.2, 0) is 17.4 Å². The summed E-state index contributed by atoms with van der Waals surface area (Å²) >= 11 is 6.71. The summed E-state index contributed by atoms with van der Waals surface area (Å²) in [4.78, 5) is 45.9. The molecule has 4 fully saturated rings. The maximum absolute atomic E-state index is 16.5. The third-order valence-electron chi connectivity index (χ3n) is 16.0. The summed E-state index contributed by atoms with van der Waals surface area (Å²) < 4.78 is 46.3. The van der Waals surface area contributed by atoms with Crippen molar-refractivity contribution < 1.29 is 42.9 Å². The van der Waals surface area contributed by atoms with Crippen LogP contribution in [0.2, 0.25) is 5.02 Å². The van der Waals surface area contributed by atoms with Crippen molar-refractivity contribution in [2.24, 2.45) is 18.7 Å². The minimum Gasteiger partial charge on any atom is -0.488 e. The number of likely N-dealkylation sites (tertiary alicyclic amines) is 2. The molecule has 3 saturated heterocycles. The number of amides is 4. The molecule has 4 aromatic carbocycles. The summed E-state index contributed by atoms with van der Waals surface area (Å²) in [6.45, 7) is 5.24. The minimum absolute atomic E-state index is 0.0497. The lowest BCUT2D eigenvalue weighted by Gasteiger charge is -2.37. The van der Waals surface area contributed by atoms with Crippen LogP contribution in [0, 0.1) is 17.6 Å². The first-order valence-corrected chi connectivity index (χ1v) is 26.0. The molecular formula is C55H63ClF2N8O7. The highest BCUT2D eigenvalue weighted by molar-refractivity contribution is 6.34. The molecule has 0 bridgehead atoms. The van der Waals surface area contributed by atoms with Crippen molar-refractivity contribution in [3.8, 4) is 22.6 Å². The van der Waals surface area contributed by atoms with E-state index in [-0.39, 0.29) is 71.3 Å². The van der Waals surface area contributed by atoms with Crippen LogP contribution in [0.1, 0.15) is 104 Å². The van der Waals surface area contributed by atoms with Crippen LogP contribution in [0.4, 0.5) is 19.4 Å². The molecule has 6 N–H and O–H groups in total. The third kappa shape index (κ3) is 9.60. The average Bonchev–Trinajstić information content (AvgIpc) is 4.07. The van der Waals surface area contributed by atoms with E-state index in [1.54, 1.807) is 4.90 Å². The first-order valence-electron chi connectivity index (χ1n) is 25.6. The molecule has 5 aromatic rings. The zero-order valence-electron chi connectivity index (χ0n) is 41.2. The summed E-state index contributed by atoms with van der Waals surface area (Å²) in [7, 11) is 1.90. The fourth-order valence-electron chi connectivity index (χ4n) is 12.1. The highest BCUT2D eigenvalue weighted by atomic mass is 35.5. The Labute approximate surface area is 428 Å². The molecule has 1 saturated carbocycles. The molecule has 386 valence electrons. The van der Waals surface area contributed by atoms with Crippen LogP contribution in [0.5, 0.6) is 11.5 Å². The van der Waals surface area contributed by atoms with Crippen LogP contribution >= 0.6 is 11.6 Å². The van der Waals surface area contributed by atoms with Crippen LogP contribution in [-0.4, -0.2) is 112 Å². The standard InChI is InChI=1S/C55H63ClF2N8O7/c1-32-46-44(30-41(57)49(56)48(46)47-40(51(59)69)16-17-43(50(47)58)72-28-27-67)73-55(32,36-7-4-3-5-8-36)21-22-60-37-13-10-34(11-14-37)53(70)65-23-6-9-38(65)31-64-24-18-33(19-25-64)35-12-15-39-42(29-35)63(2)62-52(39)66-26-20-45(68)61-54(66)71/h3-5,7-8,12,15-17,21-22,29-30,32-34,37-38,45,60,67-68H,6,9-11,13-14,18-20,23-28,31H2,1-2H3,(H2,59,69)(H,61,71)/b22-21-/t32-,34?,37?,38?,45?,55-/m0/s1. The fraction of sp³-hybridized carbons (Fsp3) is 0.455. The lowest BCUT2D eigenvalue weighted by atomic mass is 9.77. The first kappa shape index (κ1) is 50.3. The largest absolute Gasteiger partial charge is 0.488 e. The molecule has 1 aliphatic carbocycles. The van der Waals surface area contributed by atoms with Gasteiger partial charge in [-0.1, -0.05) is 54.9 Å². The molecule has 4 amide bonds. The monoisotopic (exact) mass is 1020 g/mol. The smallest absolute Gasteiger partial charge is 0.325 e. The number of hydrogen-bond donors (Lipinski definition) is 5. The number of aromatic nitrogens is 2. The Kier molecular flexibility index (Phi) is 14.4. The van der Waals surface area contributed by atoms with E-state index in [0.717, 1.165) is 94.0 Å². The van der Waals surface area contributed by atoms with E-state index in [1.807, 2.05) is 61.3 Å². The molecule has 5 heterocycles. The number of halogens is 3. The van der Waals surface area contributed by atoms with Gasteiger partial charge in [-0.2, -0.15) is 5.10 Å². The van der Waals surface area contributed by atoms with Gasteiger partial charge in [0.25, 0.3) is 0 Å². The molecule has 10 rings (SSSR count). The molecule has 73 heavy (non-hydrogen) atoms. The number of nitrogens with zero attached hydrogens (tertiary/aromatic N) is 5. The second-order valence-corrected chi connectivity index (χ2v) is 20.6. The quantitative estimate of drug-likeness (QED) is 0.0735. The van der Waals surface area contributed by atoms with Gasteiger partial charge in [0.2, 0.25) is 11.8 Å². The minimum atomic E-state index is -1.22. The SMILES string of the molecule is C[C@H]1c2c(cc(F)c(Cl)c2-c2c(C(N)=O)ccc(OCCO)c2F)O[C@]1(/C=C\NC1CCC(C(=O)N2CCCC2CN2CCC(c3ccc4c(N5CCC(O)NC5=O)nn(C)c4c3)CC2)CC1)c1ccccc1. The zero-order valence-corrected chi connectivity index (χ0v) is 41.9. The molecule has 2 unspecified atom stereocenters. The van der Waals surface area contributed by atoms with Crippen LogP contribution in [0.15, 0.2) is 79.0 Å². The van der Waals surface area contributed by atoms with Crippen molar-refractivity contribution in [3.05, 3.63) is 118 Å². The lowest BCUT2D eigenvalue weighted by molar-refractivity contribution is -0.137. The summed E-state index contributed by atoms with van der Waals surface area (Å²) in [5.41, 5.74) is 7.30. The Hall–Kier alpha value is -6.27. The Bertz CT molecular complexity index is 2920. The number of carbonyl (C=O) groups is 3. The maximum atomic E-state index is 16.5. The van der Waals surface area contributed by atoms with Crippen molar-refractivity contribution in [1.29, 1.82) is 0 Å². The van der Waals surface area contributed by atoms with E-state index in [1.165, 1.54) is 23.8 Å². The maximum Gasteiger partial charge on any atom is 0.325 e. The first-order chi connectivity index (χ1) is 35.3. The van der Waals surface area contributed by atoms with E-state index < -0.39 is 40.3 Å². The number of hydrogen-bond acceptors (Lipinski definition) is 10. The number of aliphatic hydroxyl groups excluding tert-OH is 2. The van der Waals surface area contributed by atoms with E-state index in [2.05, 4.69) is 43.7 Å². The Balaban J connectivity index is 0.771. The van der Waals surface area contributed by atoms with Crippen LogP contribution in [0.3, 0.4) is 0 Å². The second-order valence-electron chi connectivity index (χ2n) is 20.3. The van der Waals surface area contributed by atoms with Crippen molar-refractivity contribution in [3.63, 3.8) is 0 Å². The van der Waals surface area contributed by atoms with Gasteiger partial charge in [-0.3, -0.25) is 19.2 Å². The average molecular weight is 1020 g/mol. The van der Waals surface area contributed by atoms with Crippen molar-refractivity contribution >= 4 is 46.2 Å². The number of nitrogens with two attached hydrogens (primary N) is 1. The Morgan fingerprint density at radius 2 is 1.75 bits per heavy atom. The summed E-state index contributed by atoms with van der Waals surface area (Å²) in [5.74, 6) is -2.33. The van der Waals surface area contributed by atoms with Gasteiger partial charge in [0, 0.05) is 85.2 Å². The Morgan fingerprint density at radius 3 is 2.48 bits per heavy atom. The Morgan fingerprint density at radius 1 is 0.986 bits per heavy atom. The number of carbonyl (C=O) groups excluding carboxylic acids is 3. The number of benzene rings is 4. The highest BCUT2D eigenvalue weighted by Gasteiger charge is 2.49. The summed E-state index contributed by atoms with van der Waals surface area (Å²) in [6.07, 6.45) is 10.5. The number of primary amides is 1. The number of ether oxygens (including phenoxy) is 2. The van der Waals surface area contributed by atoms with Gasteiger partial charge in [0.05, 0.1) is 22.7 Å². The number of rotatable bonds is 14. The second kappa shape index (κ2) is 20.9. The van der Waals surface area contributed by atoms with Gasteiger partial charge in [0.1, 0.15) is 24.4 Å². The molecular weight excluding hydrogens is 958 g/mol. The topological polar surface area (TPSA) is 188 Å². The molecule has 4 aliphatic heterocycles. The van der Waals surface area contributed by atoms with Gasteiger partial charge in [0.15, 0.2) is 23.0 Å². The molecule has 15 nitrogen and oxygen atoms in total. The summed E-state index contributed by atoms with van der Waals surface area (Å²) in [6, 6.07) is 19.5. The number of aryl methyl sites for hydroxylation is 1. The van der Waals surface area contributed by atoms with Gasteiger partial charge >= 0.3 is 6.03 Å². The molecule has 5 aliphatic rings. The predicted molar refractivity (Wildman–Crippen MR) is 273 cm³/mol. The summed E-state index contributed by atoms with van der Waals surface area (Å²) in [5, 5.41) is 30.6. The normalized spacial score (nSPS) is 24.8. The number of nitrogens with one attached hydrogen (secondary N) is 2. The van der Waals surface area contributed by atoms with Crippen molar-refractivity contribution in [2.45, 2.75) is 100 Å². The third-order valence-corrected chi connectivity index (χ3v) is 16.3. The molecule has 0 spiro atoms. The number of urea groups is 1. The van der Waals surface area contributed by atoms with Crippen molar-refractivity contribution in [1.82, 2.24) is 30.2 Å². The van der Waals surface area contributed by atoms with Gasteiger partial charge < -0.3 is 45.9 Å². The van der Waals surface area contributed by atoms with Gasteiger partial charge in [-0.05, 0) is 118 Å². The van der Waals surface area contributed by atoms with E-state index >= 15 is 8.78 Å². The predicted octanol–water partition coefficient (Wildman–Crippen LogP) is 7.80. The fourth-order valence-corrected chi connectivity index (χ4v) is 12.3. The van der Waals surface area contributed by atoms with E-state index in [9.17, 15) is 24.6 Å². The number of anilines is 1. The van der Waals surface area contributed by atoms with Crippen LogP contribution < -0.4 is 30.7 Å². The molecule has 4 atom stereocenters. The lowest BCUT2D eigenvalue weighted by Crippen LogP contribution is -2.52. The van der Waals surface area contributed by atoms with E-state index in [4.69, 9.17) is 26.8 Å². The van der Waals surface area contributed by atoms with Gasteiger partial charge in [-0.25, -0.2) is 13.6 Å². The number of piperidine rings is 1. The van der Waals surface area contributed by atoms with E-state index in [0.29, 0.717) is 30.3 Å². The zero-order chi connectivity index (χ0) is 51.1. The molecule has 18 heteroatoms. The molecule has 0 radical (unpaired) electrons. The molecule has 1 aromatic heterocycles. The number of fused-ring (bicyclic) bond motifs is 2. The van der Waals surface area contributed by atoms with Crippen LogP contribution in [0.25, 0.3) is 22.0 Å². The highest BCUT2D eigenvalue weighted by Crippen LogP contribution is 2.57. The van der Waals surface area contributed by atoms with Crippen molar-refractivity contribution in [2.75, 3.05) is 50.8 Å². The number of aliphatic hydroxyl groups is 2. The van der Waals surface area contributed by atoms with Gasteiger partial charge in [-0.15, -0.1) is 0 Å².